The fraction of sp³-hybridized carbons (Fsp3) is 0.600. The van der Waals surface area contributed by atoms with E-state index in [9.17, 15) is 9.59 Å². The highest BCUT2D eigenvalue weighted by Crippen LogP contribution is 2.21. The normalized spacial score (nSPS) is 12.3. The molecule has 0 aliphatic carbocycles. The Bertz CT molecular complexity index is 563. The van der Waals surface area contributed by atoms with Gasteiger partial charge in [0, 0.05) is 0 Å². The SMILES string of the molecule is CCCCCCOc1ccc([C@@H](CC(=O)O)NC(=O)OC(C)(C)C)cc1. The third-order valence-corrected chi connectivity index (χ3v) is 3.62. The predicted octanol–water partition coefficient (Wildman–Crippen LogP) is 4.69. The van der Waals surface area contributed by atoms with Crippen molar-refractivity contribution in [1.29, 1.82) is 0 Å². The van der Waals surface area contributed by atoms with E-state index < -0.39 is 23.7 Å². The van der Waals surface area contributed by atoms with E-state index in [1.807, 2.05) is 0 Å². The van der Waals surface area contributed by atoms with E-state index in [2.05, 4.69) is 12.2 Å². The highest BCUT2D eigenvalue weighted by atomic mass is 16.6. The molecular formula is C20H31NO5. The molecule has 0 heterocycles. The average molecular weight is 365 g/mol. The van der Waals surface area contributed by atoms with Gasteiger partial charge in [-0.15, -0.1) is 0 Å². The summed E-state index contributed by atoms with van der Waals surface area (Å²) in [5.41, 5.74) is 0.0458. The van der Waals surface area contributed by atoms with Gasteiger partial charge in [-0.1, -0.05) is 38.3 Å². The first kappa shape index (κ1) is 21.8. The molecule has 1 atom stereocenters. The number of unbranched alkanes of at least 4 members (excludes halogenated alkanes) is 3. The second-order valence-electron chi connectivity index (χ2n) is 7.27. The van der Waals surface area contributed by atoms with Gasteiger partial charge >= 0.3 is 12.1 Å². The Morgan fingerprint density at radius 1 is 1.12 bits per heavy atom. The fourth-order valence-electron chi connectivity index (χ4n) is 2.39. The minimum atomic E-state index is -0.998. The molecule has 0 spiro atoms. The monoisotopic (exact) mass is 365 g/mol. The van der Waals surface area contributed by atoms with Crippen molar-refractivity contribution in [3.8, 4) is 5.75 Å². The van der Waals surface area contributed by atoms with Crippen molar-refractivity contribution in [3.63, 3.8) is 0 Å². The van der Waals surface area contributed by atoms with Gasteiger partial charge in [-0.2, -0.15) is 0 Å². The van der Waals surface area contributed by atoms with Crippen molar-refractivity contribution in [2.45, 2.75) is 71.4 Å². The van der Waals surface area contributed by atoms with Crippen molar-refractivity contribution in [2.24, 2.45) is 0 Å². The Morgan fingerprint density at radius 2 is 1.77 bits per heavy atom. The molecule has 0 fully saturated rings. The zero-order chi connectivity index (χ0) is 19.6. The lowest BCUT2D eigenvalue weighted by atomic mass is 10.0. The molecule has 146 valence electrons. The Labute approximate surface area is 155 Å². The molecule has 0 aromatic heterocycles. The maximum atomic E-state index is 12.0. The van der Waals surface area contributed by atoms with Gasteiger partial charge in [0.2, 0.25) is 0 Å². The van der Waals surface area contributed by atoms with E-state index in [0.29, 0.717) is 12.2 Å². The molecule has 0 saturated heterocycles. The minimum absolute atomic E-state index is 0.226. The highest BCUT2D eigenvalue weighted by molar-refractivity contribution is 5.72. The lowest BCUT2D eigenvalue weighted by Gasteiger charge is -2.23. The third kappa shape index (κ3) is 9.30. The summed E-state index contributed by atoms with van der Waals surface area (Å²) < 4.78 is 10.9. The van der Waals surface area contributed by atoms with Crippen LogP contribution < -0.4 is 10.1 Å². The number of carbonyl (C=O) groups excluding carboxylic acids is 1. The predicted molar refractivity (Wildman–Crippen MR) is 100 cm³/mol. The summed E-state index contributed by atoms with van der Waals surface area (Å²) in [5.74, 6) is -0.265. The Hall–Kier alpha value is -2.24. The summed E-state index contributed by atoms with van der Waals surface area (Å²) in [4.78, 5) is 23.1. The van der Waals surface area contributed by atoms with Crippen LogP contribution in [0.4, 0.5) is 4.79 Å². The molecule has 6 heteroatoms. The number of hydrogen-bond acceptors (Lipinski definition) is 4. The number of hydrogen-bond donors (Lipinski definition) is 2. The average Bonchev–Trinajstić information content (AvgIpc) is 2.52. The van der Waals surface area contributed by atoms with E-state index in [1.165, 1.54) is 12.8 Å². The van der Waals surface area contributed by atoms with Crippen LogP contribution in [0, 0.1) is 0 Å². The number of benzene rings is 1. The van der Waals surface area contributed by atoms with Gasteiger partial charge in [-0.25, -0.2) is 4.79 Å². The molecule has 6 nitrogen and oxygen atoms in total. The standard InChI is InChI=1S/C20H31NO5/c1-5-6-7-8-13-25-16-11-9-15(10-12-16)17(14-18(22)23)21-19(24)26-20(2,3)4/h9-12,17H,5-8,13-14H2,1-4H3,(H,21,24)(H,22,23)/t17-/m1/s1. The number of aliphatic carboxylic acids is 1. The molecule has 26 heavy (non-hydrogen) atoms. The summed E-state index contributed by atoms with van der Waals surface area (Å²) in [6, 6.07) is 6.46. The van der Waals surface area contributed by atoms with Crippen molar-refractivity contribution in [1.82, 2.24) is 5.32 Å². The Morgan fingerprint density at radius 3 is 2.31 bits per heavy atom. The van der Waals surface area contributed by atoms with Gasteiger partial charge in [0.1, 0.15) is 11.4 Å². The minimum Gasteiger partial charge on any atom is -0.494 e. The molecule has 0 aliphatic heterocycles. The van der Waals surface area contributed by atoms with Gasteiger partial charge in [-0.3, -0.25) is 4.79 Å². The molecule has 2 N–H and O–H groups in total. The quantitative estimate of drug-likeness (QED) is 0.588. The van der Waals surface area contributed by atoms with Gasteiger partial charge in [0.25, 0.3) is 0 Å². The lowest BCUT2D eigenvalue weighted by Crippen LogP contribution is -2.35. The van der Waals surface area contributed by atoms with E-state index in [-0.39, 0.29) is 6.42 Å². The van der Waals surface area contributed by atoms with Crippen molar-refractivity contribution in [3.05, 3.63) is 29.8 Å². The first-order valence-electron chi connectivity index (χ1n) is 9.15. The number of carbonyl (C=O) groups is 2. The van der Waals surface area contributed by atoms with Crippen molar-refractivity contribution in [2.75, 3.05) is 6.61 Å². The molecule has 0 bridgehead atoms. The van der Waals surface area contributed by atoms with Crippen LogP contribution in [0.1, 0.15) is 71.4 Å². The Balaban J connectivity index is 2.66. The van der Waals surface area contributed by atoms with Crippen LogP contribution in [0.3, 0.4) is 0 Å². The topological polar surface area (TPSA) is 84.9 Å². The summed E-state index contributed by atoms with van der Waals surface area (Å²) in [6.07, 6.45) is 3.68. The number of ether oxygens (including phenoxy) is 2. The summed E-state index contributed by atoms with van der Waals surface area (Å²) in [7, 11) is 0. The molecule has 1 rings (SSSR count). The number of nitrogens with one attached hydrogen (secondary N) is 1. The first-order valence-corrected chi connectivity index (χ1v) is 9.15. The van der Waals surface area contributed by atoms with Crippen molar-refractivity contribution >= 4 is 12.1 Å². The third-order valence-electron chi connectivity index (χ3n) is 3.62. The number of amides is 1. The maximum Gasteiger partial charge on any atom is 0.408 e. The molecule has 0 unspecified atom stereocenters. The number of carboxylic acids is 1. The van der Waals surface area contributed by atoms with Crippen LogP contribution in [0.25, 0.3) is 0 Å². The zero-order valence-electron chi connectivity index (χ0n) is 16.2. The van der Waals surface area contributed by atoms with Crippen LogP contribution in [0.2, 0.25) is 0 Å². The number of carboxylic acid groups (broad SMARTS) is 1. The summed E-state index contributed by atoms with van der Waals surface area (Å²) in [6.45, 7) is 8.09. The molecule has 0 radical (unpaired) electrons. The first-order chi connectivity index (χ1) is 12.2. The number of rotatable bonds is 10. The van der Waals surface area contributed by atoms with Gasteiger partial charge in [0.15, 0.2) is 0 Å². The van der Waals surface area contributed by atoms with Gasteiger partial charge in [-0.05, 0) is 44.9 Å². The lowest BCUT2D eigenvalue weighted by molar-refractivity contribution is -0.137. The molecule has 1 amide bonds. The van der Waals surface area contributed by atoms with Crippen LogP contribution in [-0.2, 0) is 9.53 Å². The molecule has 1 aromatic rings. The van der Waals surface area contributed by atoms with Crippen LogP contribution in [-0.4, -0.2) is 29.4 Å². The highest BCUT2D eigenvalue weighted by Gasteiger charge is 2.22. The second kappa shape index (κ2) is 10.7. The van der Waals surface area contributed by atoms with Gasteiger partial charge < -0.3 is 19.9 Å². The maximum absolute atomic E-state index is 12.0. The zero-order valence-corrected chi connectivity index (χ0v) is 16.2. The van der Waals surface area contributed by atoms with Crippen molar-refractivity contribution < 1.29 is 24.2 Å². The second-order valence-corrected chi connectivity index (χ2v) is 7.27. The van der Waals surface area contributed by atoms with Crippen LogP contribution in [0.5, 0.6) is 5.75 Å². The smallest absolute Gasteiger partial charge is 0.408 e. The fourth-order valence-corrected chi connectivity index (χ4v) is 2.39. The molecule has 0 saturated carbocycles. The Kier molecular flexibility index (Phi) is 8.96. The van der Waals surface area contributed by atoms with Crippen LogP contribution >= 0.6 is 0 Å². The molecule has 1 aromatic carbocycles. The van der Waals surface area contributed by atoms with E-state index >= 15 is 0 Å². The van der Waals surface area contributed by atoms with Crippen LogP contribution in [0.15, 0.2) is 24.3 Å². The van der Waals surface area contributed by atoms with E-state index in [4.69, 9.17) is 14.6 Å². The number of alkyl carbamates (subject to hydrolysis) is 1. The van der Waals surface area contributed by atoms with E-state index in [1.54, 1.807) is 45.0 Å². The summed E-state index contributed by atoms with van der Waals surface area (Å²) >= 11 is 0. The molecular weight excluding hydrogens is 334 g/mol. The molecule has 0 aliphatic rings. The summed E-state index contributed by atoms with van der Waals surface area (Å²) in [5, 5.41) is 11.7. The van der Waals surface area contributed by atoms with Gasteiger partial charge in [0.05, 0.1) is 19.1 Å². The largest absolute Gasteiger partial charge is 0.494 e. The van der Waals surface area contributed by atoms with E-state index in [0.717, 1.165) is 18.6 Å².